The second kappa shape index (κ2) is 7.23. The smallest absolute Gasteiger partial charge is 0.224 e. The van der Waals surface area contributed by atoms with Gasteiger partial charge in [0.1, 0.15) is 0 Å². The van der Waals surface area contributed by atoms with Gasteiger partial charge in [0.2, 0.25) is 5.95 Å². The lowest BCUT2D eigenvalue weighted by molar-refractivity contribution is 0.370. The molecule has 0 aliphatic rings. The predicted octanol–water partition coefficient (Wildman–Crippen LogP) is 1.82. The van der Waals surface area contributed by atoms with Crippen LogP contribution in [0.25, 0.3) is 0 Å². The predicted molar refractivity (Wildman–Crippen MR) is 77.2 cm³/mol. The number of nitrogens with zero attached hydrogens (tertiary/aromatic N) is 4. The lowest BCUT2D eigenvalue weighted by Crippen LogP contribution is -2.41. The zero-order valence-electron chi connectivity index (χ0n) is 12.4. The van der Waals surface area contributed by atoms with Gasteiger partial charge in [0.05, 0.1) is 6.20 Å². The topological polar surface area (TPSA) is 44.3 Å². The highest BCUT2D eigenvalue weighted by atomic mass is 19.1. The molecule has 1 heterocycles. The Morgan fingerprint density at radius 3 is 2.58 bits per heavy atom. The minimum absolute atomic E-state index is 0.180. The first kappa shape index (κ1) is 15.6. The highest BCUT2D eigenvalue weighted by molar-refractivity contribution is 5.44. The summed E-state index contributed by atoms with van der Waals surface area (Å²) in [6, 6.07) is 0.180. The minimum Gasteiger partial charge on any atom is -0.354 e. The van der Waals surface area contributed by atoms with Gasteiger partial charge in [-0.3, -0.25) is 0 Å². The number of likely N-dealkylation sites (N-methyl/N-ethyl adjacent to an activating group) is 2. The number of nitrogens with one attached hydrogen (secondary N) is 1. The highest BCUT2D eigenvalue weighted by Crippen LogP contribution is 2.19. The van der Waals surface area contributed by atoms with Crippen LogP contribution in [0.5, 0.6) is 0 Å². The van der Waals surface area contributed by atoms with Crippen LogP contribution in [0.1, 0.15) is 20.8 Å². The highest BCUT2D eigenvalue weighted by Gasteiger charge is 2.19. The molecule has 1 atom stereocenters. The molecule has 0 spiro atoms. The Morgan fingerprint density at radius 1 is 1.37 bits per heavy atom. The Labute approximate surface area is 114 Å². The van der Waals surface area contributed by atoms with Crippen LogP contribution in [0, 0.1) is 5.82 Å². The monoisotopic (exact) mass is 269 g/mol. The fourth-order valence-corrected chi connectivity index (χ4v) is 2.10. The molecule has 1 unspecified atom stereocenters. The summed E-state index contributed by atoms with van der Waals surface area (Å²) in [5.41, 5.74) is 0. The normalized spacial score (nSPS) is 12.6. The Hall–Kier alpha value is -1.43. The van der Waals surface area contributed by atoms with E-state index in [1.165, 1.54) is 6.20 Å². The average Bonchev–Trinajstić information content (AvgIpc) is 2.33. The second-order valence-corrected chi connectivity index (χ2v) is 4.79. The molecule has 0 aliphatic heterocycles. The van der Waals surface area contributed by atoms with Crippen LogP contribution in [0.3, 0.4) is 0 Å². The second-order valence-electron chi connectivity index (χ2n) is 4.79. The van der Waals surface area contributed by atoms with Crippen LogP contribution in [0.4, 0.5) is 16.2 Å². The first-order valence-electron chi connectivity index (χ1n) is 6.67. The maximum Gasteiger partial charge on any atom is 0.224 e. The van der Waals surface area contributed by atoms with Crippen LogP contribution in [-0.4, -0.2) is 54.6 Å². The molecule has 0 fully saturated rings. The van der Waals surface area contributed by atoms with Crippen molar-refractivity contribution in [1.82, 2.24) is 14.9 Å². The molecule has 1 rings (SSSR count). The van der Waals surface area contributed by atoms with Crippen LogP contribution < -0.4 is 10.2 Å². The van der Waals surface area contributed by atoms with Crippen molar-refractivity contribution in [3.8, 4) is 0 Å². The minimum atomic E-state index is -0.380. The van der Waals surface area contributed by atoms with Gasteiger partial charge in [0.25, 0.3) is 0 Å². The van der Waals surface area contributed by atoms with E-state index in [0.29, 0.717) is 24.9 Å². The Kier molecular flexibility index (Phi) is 5.95. The lowest BCUT2D eigenvalue weighted by atomic mass is 10.2. The van der Waals surface area contributed by atoms with Crippen molar-refractivity contribution in [1.29, 1.82) is 0 Å². The summed E-state index contributed by atoms with van der Waals surface area (Å²) in [6.45, 7) is 8.28. The van der Waals surface area contributed by atoms with Gasteiger partial charge in [-0.2, -0.15) is 4.98 Å². The largest absolute Gasteiger partial charge is 0.354 e. The van der Waals surface area contributed by atoms with Crippen molar-refractivity contribution >= 4 is 11.8 Å². The van der Waals surface area contributed by atoms with Gasteiger partial charge in [-0.15, -0.1) is 0 Å². The van der Waals surface area contributed by atoms with E-state index in [4.69, 9.17) is 0 Å². The van der Waals surface area contributed by atoms with E-state index in [1.807, 2.05) is 32.8 Å². The van der Waals surface area contributed by atoms with Crippen LogP contribution in [0.15, 0.2) is 6.20 Å². The SMILES string of the molecule is CCNc1ncc(F)c(N(CC)C(C)CN(C)C)n1. The molecule has 0 aliphatic carbocycles. The quantitative estimate of drug-likeness (QED) is 0.818. The molecular formula is C13H24FN5. The third kappa shape index (κ3) is 4.31. The Bertz CT molecular complexity index is 397. The summed E-state index contributed by atoms with van der Waals surface area (Å²) in [7, 11) is 4.01. The maximum absolute atomic E-state index is 13.9. The fraction of sp³-hybridized carbons (Fsp3) is 0.692. The molecule has 108 valence electrons. The van der Waals surface area contributed by atoms with Crippen molar-refractivity contribution in [3.05, 3.63) is 12.0 Å². The van der Waals surface area contributed by atoms with E-state index in [0.717, 1.165) is 6.54 Å². The molecule has 5 nitrogen and oxygen atoms in total. The third-order valence-corrected chi connectivity index (χ3v) is 2.83. The third-order valence-electron chi connectivity index (χ3n) is 2.83. The van der Waals surface area contributed by atoms with Gasteiger partial charge in [-0.1, -0.05) is 0 Å². The summed E-state index contributed by atoms with van der Waals surface area (Å²) in [5.74, 6) is 0.450. The van der Waals surface area contributed by atoms with Crippen molar-refractivity contribution in [2.24, 2.45) is 0 Å². The molecule has 0 amide bonds. The van der Waals surface area contributed by atoms with E-state index in [-0.39, 0.29) is 11.9 Å². The van der Waals surface area contributed by atoms with Crippen LogP contribution in [0.2, 0.25) is 0 Å². The number of anilines is 2. The van der Waals surface area contributed by atoms with Gasteiger partial charge < -0.3 is 15.1 Å². The van der Waals surface area contributed by atoms with Gasteiger partial charge in [-0.05, 0) is 34.9 Å². The first-order chi connectivity index (χ1) is 8.99. The molecular weight excluding hydrogens is 245 g/mol. The average molecular weight is 269 g/mol. The molecule has 1 aromatic heterocycles. The van der Waals surface area contributed by atoms with Crippen molar-refractivity contribution in [3.63, 3.8) is 0 Å². The molecule has 0 saturated carbocycles. The van der Waals surface area contributed by atoms with E-state index >= 15 is 0 Å². The fourth-order valence-electron chi connectivity index (χ4n) is 2.10. The zero-order chi connectivity index (χ0) is 14.4. The Balaban J connectivity index is 2.99. The molecule has 1 aromatic rings. The van der Waals surface area contributed by atoms with E-state index in [1.54, 1.807) is 0 Å². The first-order valence-corrected chi connectivity index (χ1v) is 6.67. The van der Waals surface area contributed by atoms with E-state index in [9.17, 15) is 4.39 Å². The summed E-state index contributed by atoms with van der Waals surface area (Å²) in [5, 5.41) is 3.01. The number of halogens is 1. The van der Waals surface area contributed by atoms with E-state index in [2.05, 4.69) is 27.1 Å². The zero-order valence-corrected chi connectivity index (χ0v) is 12.4. The lowest BCUT2D eigenvalue weighted by Gasteiger charge is -2.31. The summed E-state index contributed by atoms with van der Waals surface area (Å²) < 4.78 is 13.9. The molecule has 19 heavy (non-hydrogen) atoms. The molecule has 0 radical (unpaired) electrons. The van der Waals surface area contributed by atoms with Gasteiger partial charge in [-0.25, -0.2) is 9.37 Å². The van der Waals surface area contributed by atoms with Crippen molar-refractivity contribution in [2.45, 2.75) is 26.8 Å². The van der Waals surface area contributed by atoms with Crippen molar-refractivity contribution in [2.75, 3.05) is 43.9 Å². The molecule has 6 heteroatoms. The molecule has 0 saturated heterocycles. The van der Waals surface area contributed by atoms with Gasteiger partial charge in [0.15, 0.2) is 11.6 Å². The molecule has 1 N–H and O–H groups in total. The number of aromatic nitrogens is 2. The van der Waals surface area contributed by atoms with Crippen LogP contribution >= 0.6 is 0 Å². The number of rotatable bonds is 7. The maximum atomic E-state index is 13.9. The van der Waals surface area contributed by atoms with E-state index < -0.39 is 0 Å². The number of hydrogen-bond acceptors (Lipinski definition) is 5. The van der Waals surface area contributed by atoms with Gasteiger partial charge >= 0.3 is 0 Å². The standard InChI is InChI=1S/C13H24FN5/c1-6-15-13-16-8-11(14)12(17-13)19(7-2)10(3)9-18(4)5/h8,10H,6-7,9H2,1-5H3,(H,15,16,17). The van der Waals surface area contributed by atoms with Gasteiger partial charge in [0, 0.05) is 25.7 Å². The number of hydrogen-bond donors (Lipinski definition) is 1. The molecule has 0 aromatic carbocycles. The van der Waals surface area contributed by atoms with Crippen LogP contribution in [-0.2, 0) is 0 Å². The Morgan fingerprint density at radius 2 is 2.05 bits per heavy atom. The summed E-state index contributed by atoms with van der Waals surface area (Å²) in [6.07, 6.45) is 1.23. The summed E-state index contributed by atoms with van der Waals surface area (Å²) >= 11 is 0. The summed E-state index contributed by atoms with van der Waals surface area (Å²) in [4.78, 5) is 12.2. The molecule has 0 bridgehead atoms. The van der Waals surface area contributed by atoms with Crippen molar-refractivity contribution < 1.29 is 4.39 Å².